The van der Waals surface area contributed by atoms with Crippen molar-refractivity contribution in [3.63, 3.8) is 0 Å². The second kappa shape index (κ2) is 9.26. The normalized spacial score (nSPS) is 11.2. The van der Waals surface area contributed by atoms with Gasteiger partial charge >= 0.3 is 0 Å². The number of rotatable bonds is 6. The van der Waals surface area contributed by atoms with Gasteiger partial charge in [-0.2, -0.15) is 5.10 Å². The van der Waals surface area contributed by atoms with Crippen molar-refractivity contribution in [2.45, 2.75) is 19.9 Å². The molecule has 0 radical (unpaired) electrons. The number of nitrogens with one attached hydrogen (secondary N) is 1. The first-order valence-electron chi connectivity index (χ1n) is 10.4. The monoisotopic (exact) mass is 407 g/mol. The van der Waals surface area contributed by atoms with Gasteiger partial charge in [0.2, 0.25) is 0 Å². The Bertz CT molecular complexity index is 1180. The molecule has 0 saturated heterocycles. The Morgan fingerprint density at radius 2 is 1.42 bits per heavy atom. The number of hydrogen-bond donors (Lipinski definition) is 1. The molecule has 1 aromatic heterocycles. The van der Waals surface area contributed by atoms with E-state index < -0.39 is 0 Å². The van der Waals surface area contributed by atoms with E-state index >= 15 is 0 Å². The number of hydrogen-bond acceptors (Lipinski definition) is 2. The maximum Gasteiger partial charge on any atom is 0.255 e. The van der Waals surface area contributed by atoms with E-state index in [9.17, 15) is 4.79 Å². The average Bonchev–Trinajstić information content (AvgIpc) is 3.19. The first kappa shape index (κ1) is 20.4. The van der Waals surface area contributed by atoms with Crippen LogP contribution in [-0.2, 0) is 0 Å². The number of carbonyl (C=O) groups is 1. The highest BCUT2D eigenvalue weighted by molar-refractivity contribution is 6.04. The van der Waals surface area contributed by atoms with Crippen molar-refractivity contribution in [3.05, 3.63) is 108 Å². The zero-order chi connectivity index (χ0) is 21.6. The predicted octanol–water partition coefficient (Wildman–Crippen LogP) is 5.85. The third-order valence-electron chi connectivity index (χ3n) is 4.85. The van der Waals surface area contributed by atoms with Crippen molar-refractivity contribution >= 4 is 18.1 Å². The minimum atomic E-state index is -0.135. The average molecular weight is 408 g/mol. The van der Waals surface area contributed by atoms with Gasteiger partial charge in [-0.3, -0.25) is 4.79 Å². The van der Waals surface area contributed by atoms with Crippen LogP contribution in [-0.4, -0.2) is 21.7 Å². The molecular formula is C27H25N3O. The van der Waals surface area contributed by atoms with Crippen LogP contribution in [0.2, 0.25) is 0 Å². The molecule has 1 heterocycles. The number of benzene rings is 3. The van der Waals surface area contributed by atoms with Crippen LogP contribution in [0.4, 0.5) is 0 Å². The van der Waals surface area contributed by atoms with Crippen molar-refractivity contribution in [2.75, 3.05) is 0 Å². The molecule has 0 fully saturated rings. The van der Waals surface area contributed by atoms with Gasteiger partial charge in [-0.05, 0) is 37.6 Å². The Balaban J connectivity index is 1.95. The maximum atomic E-state index is 13.3. The Morgan fingerprint density at radius 3 is 2.03 bits per heavy atom. The van der Waals surface area contributed by atoms with E-state index in [2.05, 4.69) is 5.32 Å². The van der Waals surface area contributed by atoms with Crippen LogP contribution in [0.15, 0.2) is 91.0 Å². The summed E-state index contributed by atoms with van der Waals surface area (Å²) in [5.41, 5.74) is 4.83. The summed E-state index contributed by atoms with van der Waals surface area (Å²) in [5, 5.41) is 7.94. The lowest BCUT2D eigenvalue weighted by Gasteiger charge is -2.10. The first-order chi connectivity index (χ1) is 15.1. The Labute approximate surface area is 182 Å². The lowest BCUT2D eigenvalue weighted by molar-refractivity contribution is 0.0943. The summed E-state index contributed by atoms with van der Waals surface area (Å²) < 4.78 is 1.84. The van der Waals surface area contributed by atoms with E-state index in [1.54, 1.807) is 0 Å². The van der Waals surface area contributed by atoms with Crippen LogP contribution < -0.4 is 5.32 Å². The molecule has 0 bridgehead atoms. The van der Waals surface area contributed by atoms with Crippen molar-refractivity contribution in [2.24, 2.45) is 0 Å². The molecule has 0 unspecified atom stereocenters. The van der Waals surface area contributed by atoms with E-state index in [4.69, 9.17) is 5.10 Å². The molecule has 4 heteroatoms. The molecule has 0 aliphatic heterocycles. The third-order valence-corrected chi connectivity index (χ3v) is 4.85. The standard InChI is InChI=1S/C27H25N3O/c1-20(2)28-27(31)25-24(19-18-21-12-6-3-7-13-21)30(23-16-10-5-11-17-23)29-26(25)22-14-8-4-9-15-22/h3-20H,1-2H3,(H,28,31)/b19-18+. The quantitative estimate of drug-likeness (QED) is 0.436. The van der Waals surface area contributed by atoms with Crippen molar-refractivity contribution < 1.29 is 4.79 Å². The van der Waals surface area contributed by atoms with Crippen molar-refractivity contribution in [1.82, 2.24) is 15.1 Å². The van der Waals surface area contributed by atoms with Gasteiger partial charge < -0.3 is 5.32 Å². The zero-order valence-electron chi connectivity index (χ0n) is 17.7. The Hall–Kier alpha value is -3.92. The van der Waals surface area contributed by atoms with Gasteiger partial charge in [0.1, 0.15) is 5.69 Å². The van der Waals surface area contributed by atoms with Gasteiger partial charge in [0.15, 0.2) is 0 Å². The van der Waals surface area contributed by atoms with Crippen LogP contribution >= 0.6 is 0 Å². The predicted molar refractivity (Wildman–Crippen MR) is 127 cm³/mol. The first-order valence-corrected chi connectivity index (χ1v) is 10.4. The summed E-state index contributed by atoms with van der Waals surface area (Å²) >= 11 is 0. The van der Waals surface area contributed by atoms with Crippen LogP contribution in [0.1, 0.15) is 35.5 Å². The summed E-state index contributed by atoms with van der Waals surface area (Å²) in [7, 11) is 0. The topological polar surface area (TPSA) is 46.9 Å². The lowest BCUT2D eigenvalue weighted by Crippen LogP contribution is -2.30. The van der Waals surface area contributed by atoms with Crippen molar-refractivity contribution in [1.29, 1.82) is 0 Å². The number of amides is 1. The summed E-state index contributed by atoms with van der Waals surface area (Å²) in [6, 6.07) is 29.8. The minimum Gasteiger partial charge on any atom is -0.350 e. The summed E-state index contributed by atoms with van der Waals surface area (Å²) in [6.07, 6.45) is 3.98. The van der Waals surface area contributed by atoms with E-state index in [1.165, 1.54) is 0 Å². The fraction of sp³-hybridized carbons (Fsp3) is 0.111. The molecule has 1 amide bonds. The zero-order valence-corrected chi connectivity index (χ0v) is 17.7. The molecule has 0 aliphatic carbocycles. The van der Waals surface area contributed by atoms with E-state index in [-0.39, 0.29) is 11.9 Å². The fourth-order valence-corrected chi connectivity index (χ4v) is 3.45. The largest absolute Gasteiger partial charge is 0.350 e. The molecule has 154 valence electrons. The van der Waals surface area contributed by atoms with E-state index in [1.807, 2.05) is 122 Å². The van der Waals surface area contributed by atoms with Gasteiger partial charge in [0, 0.05) is 11.6 Å². The molecule has 31 heavy (non-hydrogen) atoms. The number of nitrogens with zero attached hydrogens (tertiary/aromatic N) is 2. The Kier molecular flexibility index (Phi) is 6.08. The van der Waals surface area contributed by atoms with Crippen LogP contribution in [0, 0.1) is 0 Å². The van der Waals surface area contributed by atoms with E-state index in [0.717, 1.165) is 22.5 Å². The molecule has 4 aromatic rings. The summed E-state index contributed by atoms with van der Waals surface area (Å²) in [4.78, 5) is 13.3. The van der Waals surface area contributed by atoms with Crippen LogP contribution in [0.5, 0.6) is 0 Å². The van der Waals surface area contributed by atoms with Gasteiger partial charge in [0.05, 0.1) is 16.9 Å². The van der Waals surface area contributed by atoms with E-state index in [0.29, 0.717) is 11.3 Å². The van der Waals surface area contributed by atoms with Gasteiger partial charge in [-0.1, -0.05) is 84.9 Å². The van der Waals surface area contributed by atoms with Crippen molar-refractivity contribution in [3.8, 4) is 16.9 Å². The lowest BCUT2D eigenvalue weighted by atomic mass is 10.0. The number of aromatic nitrogens is 2. The van der Waals surface area contributed by atoms with Gasteiger partial charge in [-0.15, -0.1) is 0 Å². The third kappa shape index (κ3) is 4.64. The highest BCUT2D eigenvalue weighted by atomic mass is 16.1. The molecule has 0 saturated carbocycles. The fourth-order valence-electron chi connectivity index (χ4n) is 3.45. The summed E-state index contributed by atoms with van der Waals surface area (Å²) in [6.45, 7) is 3.92. The molecule has 4 nitrogen and oxygen atoms in total. The molecule has 0 aliphatic rings. The van der Waals surface area contributed by atoms with Crippen LogP contribution in [0.3, 0.4) is 0 Å². The highest BCUT2D eigenvalue weighted by Crippen LogP contribution is 2.29. The minimum absolute atomic E-state index is 0.0159. The SMILES string of the molecule is CC(C)NC(=O)c1c(-c2ccccc2)nn(-c2ccccc2)c1/C=C/c1ccccc1. The Morgan fingerprint density at radius 1 is 0.839 bits per heavy atom. The number of carbonyl (C=O) groups excluding carboxylic acids is 1. The number of para-hydroxylation sites is 1. The second-order valence-corrected chi connectivity index (χ2v) is 7.59. The molecular weight excluding hydrogens is 382 g/mol. The summed E-state index contributed by atoms with van der Waals surface area (Å²) in [5.74, 6) is -0.135. The second-order valence-electron chi connectivity index (χ2n) is 7.59. The maximum absolute atomic E-state index is 13.3. The van der Waals surface area contributed by atoms with Gasteiger partial charge in [0.25, 0.3) is 5.91 Å². The highest BCUT2D eigenvalue weighted by Gasteiger charge is 2.24. The molecule has 4 rings (SSSR count). The molecule has 0 atom stereocenters. The molecule has 0 spiro atoms. The van der Waals surface area contributed by atoms with Crippen LogP contribution in [0.25, 0.3) is 29.1 Å². The molecule has 3 aromatic carbocycles. The van der Waals surface area contributed by atoms with Gasteiger partial charge in [-0.25, -0.2) is 4.68 Å². The smallest absolute Gasteiger partial charge is 0.255 e. The molecule has 1 N–H and O–H groups in total.